The van der Waals surface area contributed by atoms with E-state index in [1.54, 1.807) is 0 Å². The molecule has 164 valence electrons. The molecule has 0 aliphatic carbocycles. The summed E-state index contributed by atoms with van der Waals surface area (Å²) in [5, 5.41) is 0. The predicted octanol–water partition coefficient (Wildman–Crippen LogP) is 6.92. The number of rotatable bonds is 5. The first kappa shape index (κ1) is 21.0. The Balaban J connectivity index is 1.71. The molecule has 0 saturated carbocycles. The zero-order valence-electron chi connectivity index (χ0n) is 19.1. The van der Waals surface area contributed by atoms with Gasteiger partial charge in [-0.3, -0.25) is 9.69 Å². The Hall–Kier alpha value is -3.85. The molecule has 1 aliphatic heterocycles. The summed E-state index contributed by atoms with van der Waals surface area (Å²) in [6.07, 6.45) is 0.739. The molecule has 33 heavy (non-hydrogen) atoms. The van der Waals surface area contributed by atoms with Crippen molar-refractivity contribution in [3.8, 4) is 0 Å². The lowest BCUT2D eigenvalue weighted by molar-refractivity contribution is 0.0968. The van der Waals surface area contributed by atoms with E-state index in [1.165, 1.54) is 16.7 Å². The van der Waals surface area contributed by atoms with Crippen LogP contribution in [0.25, 0.3) is 0 Å². The molecule has 1 atom stereocenters. The smallest absolute Gasteiger partial charge is 0.262 e. The number of carbonyl (C=O) groups excluding carboxylic acids is 1. The quantitative estimate of drug-likeness (QED) is 0.342. The van der Waals surface area contributed by atoms with Gasteiger partial charge in [-0.1, -0.05) is 91.3 Å². The van der Waals surface area contributed by atoms with Gasteiger partial charge >= 0.3 is 0 Å². The lowest BCUT2D eigenvalue weighted by Crippen LogP contribution is -2.49. The Kier molecular flexibility index (Phi) is 5.70. The molecule has 0 radical (unpaired) electrons. The van der Waals surface area contributed by atoms with Gasteiger partial charge in [-0.2, -0.15) is 0 Å². The highest BCUT2D eigenvalue weighted by Crippen LogP contribution is 2.42. The maximum atomic E-state index is 13.9. The summed E-state index contributed by atoms with van der Waals surface area (Å²) in [6.45, 7) is 4.93. The molecule has 0 unspecified atom stereocenters. The summed E-state index contributed by atoms with van der Waals surface area (Å²) >= 11 is 0. The first-order valence-corrected chi connectivity index (χ1v) is 11.5. The van der Waals surface area contributed by atoms with Crippen LogP contribution in [0.5, 0.6) is 0 Å². The summed E-state index contributed by atoms with van der Waals surface area (Å²) < 4.78 is 0. The van der Waals surface area contributed by atoms with Gasteiger partial charge in [0.1, 0.15) is 6.17 Å². The van der Waals surface area contributed by atoms with Crippen LogP contribution in [0.15, 0.2) is 103 Å². The zero-order valence-corrected chi connectivity index (χ0v) is 19.1. The number of aryl methyl sites for hydroxylation is 2. The van der Waals surface area contributed by atoms with Crippen LogP contribution >= 0.6 is 0 Å². The molecule has 1 amide bonds. The van der Waals surface area contributed by atoms with Crippen molar-refractivity contribution in [2.75, 3.05) is 9.80 Å². The van der Waals surface area contributed by atoms with Crippen molar-refractivity contribution in [3.63, 3.8) is 0 Å². The molecule has 0 spiro atoms. The summed E-state index contributed by atoms with van der Waals surface area (Å²) in [4.78, 5) is 18.2. The van der Waals surface area contributed by atoms with E-state index in [1.807, 2.05) is 29.2 Å². The Bertz CT molecular complexity index is 1250. The van der Waals surface area contributed by atoms with Crippen molar-refractivity contribution in [2.24, 2.45) is 0 Å². The number of benzene rings is 4. The molecule has 3 nitrogen and oxygen atoms in total. The van der Waals surface area contributed by atoms with Crippen molar-refractivity contribution in [1.29, 1.82) is 0 Å². The number of hydrogen-bond donors (Lipinski definition) is 0. The summed E-state index contributed by atoms with van der Waals surface area (Å²) in [7, 11) is 0. The fourth-order valence-corrected chi connectivity index (χ4v) is 4.59. The van der Waals surface area contributed by atoms with E-state index in [2.05, 4.69) is 97.6 Å². The molecule has 3 heteroatoms. The van der Waals surface area contributed by atoms with Crippen LogP contribution in [0.3, 0.4) is 0 Å². The number of fused-ring (bicyclic) bond motifs is 1. The third-order valence-electron chi connectivity index (χ3n) is 6.40. The van der Waals surface area contributed by atoms with Crippen LogP contribution in [0.2, 0.25) is 0 Å². The fourth-order valence-electron chi connectivity index (χ4n) is 4.59. The molecule has 1 aliphatic rings. The highest BCUT2D eigenvalue weighted by molar-refractivity contribution is 6.12. The summed E-state index contributed by atoms with van der Waals surface area (Å²) in [5.74, 6) is 0.0309. The lowest BCUT2D eigenvalue weighted by atomic mass is 9.98. The number of para-hydroxylation sites is 1. The number of anilines is 2. The van der Waals surface area contributed by atoms with E-state index in [9.17, 15) is 4.79 Å². The van der Waals surface area contributed by atoms with Crippen LogP contribution in [-0.4, -0.2) is 5.91 Å². The van der Waals surface area contributed by atoms with E-state index in [0.29, 0.717) is 6.54 Å². The van der Waals surface area contributed by atoms with Gasteiger partial charge in [0.2, 0.25) is 0 Å². The largest absolute Gasteiger partial charge is 0.342 e. The highest BCUT2D eigenvalue weighted by atomic mass is 16.2. The minimum Gasteiger partial charge on any atom is -0.342 e. The second-order valence-electron chi connectivity index (χ2n) is 8.61. The Morgan fingerprint density at radius 2 is 1.39 bits per heavy atom. The second-order valence-corrected chi connectivity index (χ2v) is 8.61. The molecule has 5 rings (SSSR count). The van der Waals surface area contributed by atoms with Crippen LogP contribution in [-0.2, 0) is 13.0 Å². The molecule has 0 N–H and O–H groups in total. The topological polar surface area (TPSA) is 23.6 Å². The van der Waals surface area contributed by atoms with Gasteiger partial charge < -0.3 is 4.90 Å². The zero-order chi connectivity index (χ0) is 22.8. The monoisotopic (exact) mass is 432 g/mol. The van der Waals surface area contributed by atoms with Gasteiger partial charge in [0.25, 0.3) is 5.91 Å². The van der Waals surface area contributed by atoms with Crippen molar-refractivity contribution in [2.45, 2.75) is 33.0 Å². The van der Waals surface area contributed by atoms with Gasteiger partial charge in [-0.05, 0) is 54.3 Å². The van der Waals surface area contributed by atoms with E-state index >= 15 is 0 Å². The van der Waals surface area contributed by atoms with Gasteiger partial charge in [0.15, 0.2) is 0 Å². The van der Waals surface area contributed by atoms with E-state index in [4.69, 9.17) is 0 Å². The molecule has 1 heterocycles. The Morgan fingerprint density at radius 1 is 0.727 bits per heavy atom. The van der Waals surface area contributed by atoms with Crippen LogP contribution in [0.1, 0.15) is 45.7 Å². The van der Waals surface area contributed by atoms with Crippen molar-refractivity contribution in [1.82, 2.24) is 0 Å². The first-order chi connectivity index (χ1) is 16.2. The standard InChI is InChI=1S/C30H28N2O/c1-3-23-15-17-25(18-16-23)29-31(21-24-9-5-4-6-10-24)28-12-8-7-11-27(28)30(33)32(29)26-19-13-22(2)14-20-26/h4-20,29H,3,21H2,1-2H3/t29-/m1/s1. The minimum atomic E-state index is -0.249. The third kappa shape index (κ3) is 4.03. The van der Waals surface area contributed by atoms with Gasteiger partial charge in [0.05, 0.1) is 11.3 Å². The predicted molar refractivity (Wildman–Crippen MR) is 136 cm³/mol. The first-order valence-electron chi connectivity index (χ1n) is 11.5. The average molecular weight is 433 g/mol. The molecule has 4 aromatic carbocycles. The molecule has 0 fully saturated rings. The van der Waals surface area contributed by atoms with Gasteiger partial charge in [0, 0.05) is 12.2 Å². The minimum absolute atomic E-state index is 0.0309. The molecule has 0 saturated heterocycles. The fraction of sp³-hybridized carbons (Fsp3) is 0.167. The number of hydrogen-bond acceptors (Lipinski definition) is 2. The van der Waals surface area contributed by atoms with E-state index < -0.39 is 0 Å². The summed E-state index contributed by atoms with van der Waals surface area (Å²) in [6, 6.07) is 35.4. The van der Waals surface area contributed by atoms with Crippen LogP contribution < -0.4 is 9.80 Å². The van der Waals surface area contributed by atoms with Crippen LogP contribution in [0, 0.1) is 6.92 Å². The molecule has 0 bridgehead atoms. The van der Waals surface area contributed by atoms with Gasteiger partial charge in [-0.25, -0.2) is 0 Å². The number of amides is 1. The number of carbonyl (C=O) groups is 1. The normalized spacial score (nSPS) is 15.5. The Labute approximate surface area is 195 Å². The van der Waals surface area contributed by atoms with Crippen LogP contribution in [0.4, 0.5) is 11.4 Å². The highest BCUT2D eigenvalue weighted by Gasteiger charge is 2.39. The molecule has 4 aromatic rings. The van der Waals surface area contributed by atoms with E-state index in [-0.39, 0.29) is 12.1 Å². The van der Waals surface area contributed by atoms with Crippen molar-refractivity contribution in [3.05, 3.63) is 131 Å². The maximum absolute atomic E-state index is 13.9. The Morgan fingerprint density at radius 3 is 2.09 bits per heavy atom. The average Bonchev–Trinajstić information content (AvgIpc) is 2.87. The molecule has 0 aromatic heterocycles. The van der Waals surface area contributed by atoms with Crippen molar-refractivity contribution < 1.29 is 4.79 Å². The number of nitrogens with zero attached hydrogens (tertiary/aromatic N) is 2. The molecular formula is C30H28N2O. The lowest BCUT2D eigenvalue weighted by Gasteiger charge is -2.46. The SMILES string of the molecule is CCc1ccc([C@@H]2N(Cc3ccccc3)c3ccccc3C(=O)N2c2ccc(C)cc2)cc1. The van der Waals surface area contributed by atoms with E-state index in [0.717, 1.165) is 28.9 Å². The van der Waals surface area contributed by atoms with Crippen molar-refractivity contribution >= 4 is 17.3 Å². The van der Waals surface area contributed by atoms with Gasteiger partial charge in [-0.15, -0.1) is 0 Å². The maximum Gasteiger partial charge on any atom is 0.262 e. The molecular weight excluding hydrogens is 404 g/mol. The second kappa shape index (κ2) is 8.95. The third-order valence-corrected chi connectivity index (χ3v) is 6.40. The summed E-state index contributed by atoms with van der Waals surface area (Å²) in [5.41, 5.74) is 7.39.